The number of hydrogen-bond acceptors (Lipinski definition) is 8. The highest BCUT2D eigenvalue weighted by Gasteiger charge is 2.23. The van der Waals surface area contributed by atoms with Gasteiger partial charge in [-0.3, -0.25) is 4.79 Å². The average Bonchev–Trinajstić information content (AvgIpc) is 3.20. The smallest absolute Gasteiger partial charge is 0.311 e. The number of aryl methyl sites for hydroxylation is 2. The largest absolute Gasteiger partial charge is 0.463 e. The van der Waals surface area contributed by atoms with Crippen molar-refractivity contribution in [2.75, 3.05) is 0 Å². The summed E-state index contributed by atoms with van der Waals surface area (Å²) in [5.41, 5.74) is 0.735. The number of ether oxygens (including phenoxy) is 1. The average molecular weight is 518 g/mol. The number of rotatable bonds is 3. The normalized spacial score (nSPS) is 11.2. The Morgan fingerprint density at radius 3 is 1.65 bits per heavy atom. The maximum Gasteiger partial charge on any atom is 0.311 e. The first-order valence-corrected chi connectivity index (χ1v) is 12.9. The van der Waals surface area contributed by atoms with Crippen LogP contribution in [0.1, 0.15) is 126 Å². The topological polar surface area (TPSA) is 115 Å². The lowest BCUT2D eigenvalue weighted by atomic mass is 9.96. The van der Waals surface area contributed by atoms with Crippen LogP contribution in [0, 0.1) is 29.1 Å². The molecule has 0 N–H and O–H groups in total. The molecule has 0 aliphatic carbocycles. The molecule has 0 saturated carbocycles. The van der Waals surface area contributed by atoms with Gasteiger partial charge in [0.15, 0.2) is 5.82 Å². The van der Waals surface area contributed by atoms with Gasteiger partial charge in [0.05, 0.1) is 17.6 Å². The van der Waals surface area contributed by atoms with Crippen molar-refractivity contribution in [3.05, 3.63) is 35.5 Å². The van der Waals surface area contributed by atoms with Crippen LogP contribution in [-0.2, 0) is 21.4 Å². The van der Waals surface area contributed by atoms with Crippen LogP contribution in [0.3, 0.4) is 0 Å². The van der Waals surface area contributed by atoms with Crippen molar-refractivity contribution < 1.29 is 14.1 Å². The molecule has 0 amide bonds. The van der Waals surface area contributed by atoms with Crippen molar-refractivity contribution in [3.8, 4) is 6.07 Å². The summed E-state index contributed by atoms with van der Waals surface area (Å²) in [6, 6.07) is 2.10. The standard InChI is InChI=1S/C10H16N2.C8H16O2.C6H10N2O.C5H9N/c1-5-8-6-11-9(12-7-8)10(2,3)4;1-6(2)10-7(9)8(3,4)5;1-4(2)6-7-5(3)9-8-6;1-5(2,3)4-6/h6-7H,5H2,1-4H3;6H,1-5H3;4H,1-3H3;1-3H3. The molecule has 210 valence electrons. The number of esters is 1. The predicted octanol–water partition coefficient (Wildman–Crippen LogP) is 7.38. The molecule has 0 bridgehead atoms. The van der Waals surface area contributed by atoms with Gasteiger partial charge in [-0.15, -0.1) is 0 Å². The van der Waals surface area contributed by atoms with Crippen molar-refractivity contribution in [1.29, 1.82) is 5.26 Å². The molecule has 0 fully saturated rings. The minimum atomic E-state index is -0.371. The van der Waals surface area contributed by atoms with Gasteiger partial charge >= 0.3 is 5.97 Å². The van der Waals surface area contributed by atoms with Gasteiger partial charge in [-0.1, -0.05) is 46.7 Å². The van der Waals surface area contributed by atoms with Crippen LogP contribution in [0.15, 0.2) is 16.9 Å². The second-order valence-corrected chi connectivity index (χ2v) is 12.4. The van der Waals surface area contributed by atoms with Gasteiger partial charge in [-0.25, -0.2) is 9.97 Å². The van der Waals surface area contributed by atoms with Gasteiger partial charge in [0, 0.05) is 36.1 Å². The van der Waals surface area contributed by atoms with Crippen LogP contribution < -0.4 is 0 Å². The zero-order chi connectivity index (χ0) is 29.6. The van der Waals surface area contributed by atoms with E-state index in [1.807, 2.05) is 81.6 Å². The summed E-state index contributed by atoms with van der Waals surface area (Å²) in [7, 11) is 0. The maximum atomic E-state index is 11.1. The van der Waals surface area contributed by atoms with Crippen molar-refractivity contribution in [2.24, 2.45) is 10.8 Å². The number of carbonyl (C=O) groups excluding carboxylic acids is 1. The van der Waals surface area contributed by atoms with Crippen LogP contribution in [0.5, 0.6) is 0 Å². The molecule has 2 rings (SSSR count). The van der Waals surface area contributed by atoms with Gasteiger partial charge in [0.25, 0.3) is 0 Å². The van der Waals surface area contributed by atoms with E-state index in [0.717, 1.165) is 18.1 Å². The first-order chi connectivity index (χ1) is 16.6. The number of nitriles is 1. The fraction of sp³-hybridized carbons (Fsp3) is 0.724. The molecule has 0 unspecified atom stereocenters. The van der Waals surface area contributed by atoms with E-state index in [9.17, 15) is 4.79 Å². The Hall–Kier alpha value is -2.82. The summed E-state index contributed by atoms with van der Waals surface area (Å²) >= 11 is 0. The van der Waals surface area contributed by atoms with Crippen LogP contribution in [-0.4, -0.2) is 32.2 Å². The second kappa shape index (κ2) is 16.1. The molecule has 8 nitrogen and oxygen atoms in total. The molecule has 0 radical (unpaired) electrons. The van der Waals surface area contributed by atoms with Crippen LogP contribution in [0.25, 0.3) is 0 Å². The first kappa shape index (κ1) is 36.3. The van der Waals surface area contributed by atoms with Gasteiger partial charge < -0.3 is 9.26 Å². The van der Waals surface area contributed by atoms with Gasteiger partial charge in [0.1, 0.15) is 5.82 Å². The van der Waals surface area contributed by atoms with Gasteiger partial charge in [-0.05, 0) is 67.4 Å². The minimum Gasteiger partial charge on any atom is -0.463 e. The maximum absolute atomic E-state index is 11.1. The summed E-state index contributed by atoms with van der Waals surface area (Å²) in [5.74, 6) is 2.57. The molecular weight excluding hydrogens is 466 g/mol. The molecule has 0 spiro atoms. The summed E-state index contributed by atoms with van der Waals surface area (Å²) in [4.78, 5) is 23.7. The third-order valence-corrected chi connectivity index (χ3v) is 4.13. The summed E-state index contributed by atoms with van der Waals surface area (Å²) in [6.45, 7) is 29.2. The number of hydrogen-bond donors (Lipinski definition) is 0. The highest BCUT2D eigenvalue weighted by atomic mass is 16.5. The lowest BCUT2D eigenvalue weighted by molar-refractivity contribution is -0.156. The summed E-state index contributed by atoms with van der Waals surface area (Å²) in [5, 5.41) is 11.9. The molecule has 0 aromatic carbocycles. The quantitative estimate of drug-likeness (QED) is 0.387. The molecular formula is C29H51N5O3. The molecule has 0 atom stereocenters. The SMILES string of the molecule is CC(C)(C)C#N.CC(C)OC(=O)C(C)(C)C.CCc1cnc(C(C)(C)C)nc1.Cc1nc(C(C)C)no1. The monoisotopic (exact) mass is 517 g/mol. The Bertz CT molecular complexity index is 936. The van der Waals surface area contributed by atoms with Crippen LogP contribution in [0.4, 0.5) is 0 Å². The van der Waals surface area contributed by atoms with E-state index in [4.69, 9.17) is 14.5 Å². The molecule has 2 heterocycles. The first-order valence-electron chi connectivity index (χ1n) is 12.9. The Kier molecular flexibility index (Phi) is 15.8. The number of carbonyl (C=O) groups is 1. The Labute approximate surface area is 225 Å². The number of nitrogens with zero attached hydrogens (tertiary/aromatic N) is 5. The van der Waals surface area contributed by atoms with Gasteiger partial charge in [0.2, 0.25) is 5.89 Å². The molecule has 37 heavy (non-hydrogen) atoms. The molecule has 2 aromatic heterocycles. The van der Waals surface area contributed by atoms with E-state index < -0.39 is 0 Å². The molecule has 0 aliphatic heterocycles. The fourth-order valence-electron chi connectivity index (χ4n) is 1.86. The lowest BCUT2D eigenvalue weighted by Gasteiger charge is -2.18. The summed E-state index contributed by atoms with van der Waals surface area (Å²) in [6.07, 6.45) is 4.82. The van der Waals surface area contributed by atoms with E-state index in [2.05, 4.69) is 53.9 Å². The molecule has 2 aromatic rings. The van der Waals surface area contributed by atoms with Crippen molar-refractivity contribution in [2.45, 2.75) is 128 Å². The highest BCUT2D eigenvalue weighted by Crippen LogP contribution is 2.17. The van der Waals surface area contributed by atoms with E-state index in [1.54, 1.807) is 6.92 Å². The third kappa shape index (κ3) is 19.0. The van der Waals surface area contributed by atoms with E-state index in [-0.39, 0.29) is 28.3 Å². The van der Waals surface area contributed by atoms with Crippen molar-refractivity contribution >= 4 is 5.97 Å². The Balaban J connectivity index is 0. The van der Waals surface area contributed by atoms with E-state index in [1.165, 1.54) is 5.56 Å². The van der Waals surface area contributed by atoms with Crippen molar-refractivity contribution in [1.82, 2.24) is 20.1 Å². The van der Waals surface area contributed by atoms with Crippen LogP contribution in [0.2, 0.25) is 0 Å². The van der Waals surface area contributed by atoms with E-state index in [0.29, 0.717) is 11.8 Å². The molecule has 8 heteroatoms. The molecule has 0 saturated heterocycles. The van der Waals surface area contributed by atoms with Crippen LogP contribution >= 0.6 is 0 Å². The zero-order valence-electron chi connectivity index (χ0n) is 26.0. The minimum absolute atomic E-state index is 0.00766. The number of aromatic nitrogens is 4. The third-order valence-electron chi connectivity index (χ3n) is 4.13. The van der Waals surface area contributed by atoms with Gasteiger partial charge in [-0.2, -0.15) is 10.2 Å². The lowest BCUT2D eigenvalue weighted by Crippen LogP contribution is -2.25. The van der Waals surface area contributed by atoms with Crippen molar-refractivity contribution in [3.63, 3.8) is 0 Å². The summed E-state index contributed by atoms with van der Waals surface area (Å²) < 4.78 is 9.74. The predicted molar refractivity (Wildman–Crippen MR) is 149 cm³/mol. The zero-order valence-corrected chi connectivity index (χ0v) is 26.0. The Morgan fingerprint density at radius 2 is 1.46 bits per heavy atom. The molecule has 0 aliphatic rings. The Morgan fingerprint density at radius 1 is 1.00 bits per heavy atom. The van der Waals surface area contributed by atoms with E-state index >= 15 is 0 Å². The highest BCUT2D eigenvalue weighted by molar-refractivity contribution is 5.75. The second-order valence-electron chi connectivity index (χ2n) is 12.4. The fourth-order valence-corrected chi connectivity index (χ4v) is 1.86.